The molecule has 0 unspecified atom stereocenters. The minimum absolute atomic E-state index is 0.0829. The number of rotatable bonds is 5. The topological polar surface area (TPSA) is 59.1 Å². The van der Waals surface area contributed by atoms with Crippen LogP contribution in [0.2, 0.25) is 5.15 Å². The van der Waals surface area contributed by atoms with Crippen molar-refractivity contribution >= 4 is 23.3 Å². The number of halogens is 3. The molecule has 3 rings (SSSR count). The maximum Gasteiger partial charge on any atom is 0.224 e. The number of aromatic nitrogens is 1. The van der Waals surface area contributed by atoms with Gasteiger partial charge in [0.2, 0.25) is 5.91 Å². The van der Waals surface area contributed by atoms with Gasteiger partial charge in [0.25, 0.3) is 0 Å². The largest absolute Gasteiger partial charge is 0.355 e. The molecule has 2 heterocycles. The number of amides is 1. The zero-order chi connectivity index (χ0) is 18.8. The van der Waals surface area contributed by atoms with Gasteiger partial charge in [-0.05, 0) is 36.2 Å². The van der Waals surface area contributed by atoms with Crippen molar-refractivity contribution in [2.75, 3.05) is 6.54 Å². The van der Waals surface area contributed by atoms with Crippen LogP contribution in [0, 0.1) is 24.5 Å². The number of pyridine rings is 1. The molecule has 2 atom stereocenters. The number of carbonyl (C=O) groups excluding carboxylic acids is 2. The Morgan fingerprint density at radius 3 is 2.62 bits per heavy atom. The van der Waals surface area contributed by atoms with Crippen molar-refractivity contribution in [2.45, 2.75) is 25.7 Å². The third-order valence-corrected chi connectivity index (χ3v) is 4.77. The molecule has 1 aliphatic heterocycles. The molecule has 0 radical (unpaired) electrons. The van der Waals surface area contributed by atoms with E-state index in [1.54, 1.807) is 19.1 Å². The van der Waals surface area contributed by atoms with Crippen LogP contribution < -0.4 is 5.32 Å². The number of hydrogen-bond acceptors (Lipinski definition) is 3. The molecular formula is C19H17ClF2N2O2. The lowest BCUT2D eigenvalue weighted by molar-refractivity contribution is -0.127. The van der Waals surface area contributed by atoms with Crippen LogP contribution in [-0.2, 0) is 16.0 Å². The smallest absolute Gasteiger partial charge is 0.224 e. The van der Waals surface area contributed by atoms with Gasteiger partial charge < -0.3 is 5.32 Å². The summed E-state index contributed by atoms with van der Waals surface area (Å²) < 4.78 is 28.6. The highest BCUT2D eigenvalue weighted by molar-refractivity contribution is 6.29. The Morgan fingerprint density at radius 2 is 2.00 bits per heavy atom. The van der Waals surface area contributed by atoms with Crippen LogP contribution in [0.3, 0.4) is 0 Å². The number of carbonyl (C=O) groups is 2. The number of ketones is 1. The van der Waals surface area contributed by atoms with Crippen molar-refractivity contribution in [3.63, 3.8) is 0 Å². The molecule has 0 spiro atoms. The molecule has 1 fully saturated rings. The maximum atomic E-state index is 14.3. The molecule has 0 aliphatic carbocycles. The van der Waals surface area contributed by atoms with Crippen LogP contribution in [0.25, 0.3) is 0 Å². The van der Waals surface area contributed by atoms with E-state index in [2.05, 4.69) is 10.3 Å². The van der Waals surface area contributed by atoms with E-state index < -0.39 is 23.5 Å². The first-order valence-corrected chi connectivity index (χ1v) is 8.58. The number of Topliss-reactive ketones (excluding diaryl/α,β-unsaturated/α-hetero) is 1. The number of nitrogens with zero attached hydrogens (tertiary/aromatic N) is 1. The molecule has 26 heavy (non-hydrogen) atoms. The summed E-state index contributed by atoms with van der Waals surface area (Å²) >= 11 is 5.71. The van der Waals surface area contributed by atoms with Crippen molar-refractivity contribution in [2.24, 2.45) is 5.92 Å². The molecule has 4 nitrogen and oxygen atoms in total. The summed E-state index contributed by atoms with van der Waals surface area (Å²) in [6.07, 6.45) is 1.48. The second kappa shape index (κ2) is 7.50. The third kappa shape index (κ3) is 3.90. The molecule has 0 bridgehead atoms. The van der Waals surface area contributed by atoms with Gasteiger partial charge in [-0.25, -0.2) is 13.8 Å². The SMILES string of the molecule is Cc1cc(F)c([C@@H]2CNC(=O)[C@H]2CC(=O)Cc2ccc(Cl)nc2)c(F)c1. The molecule has 1 aromatic carbocycles. The second-order valence-electron chi connectivity index (χ2n) is 6.51. The first kappa shape index (κ1) is 18.5. The van der Waals surface area contributed by atoms with Crippen LogP contribution in [-0.4, -0.2) is 23.2 Å². The van der Waals surface area contributed by atoms with Gasteiger partial charge in [-0.2, -0.15) is 0 Å². The summed E-state index contributed by atoms with van der Waals surface area (Å²) in [5.74, 6) is -3.46. The van der Waals surface area contributed by atoms with E-state index in [4.69, 9.17) is 11.6 Å². The van der Waals surface area contributed by atoms with Crippen molar-refractivity contribution in [3.8, 4) is 0 Å². The van der Waals surface area contributed by atoms with Crippen LogP contribution in [0.5, 0.6) is 0 Å². The van der Waals surface area contributed by atoms with Gasteiger partial charge in [0.05, 0.1) is 5.92 Å². The van der Waals surface area contributed by atoms with Gasteiger partial charge in [0.15, 0.2) is 0 Å². The molecule has 7 heteroatoms. The summed E-state index contributed by atoms with van der Waals surface area (Å²) in [6, 6.07) is 5.73. The van der Waals surface area contributed by atoms with E-state index in [9.17, 15) is 18.4 Å². The Labute approximate surface area is 154 Å². The summed E-state index contributed by atoms with van der Waals surface area (Å²) in [7, 11) is 0. The Kier molecular flexibility index (Phi) is 5.32. The summed E-state index contributed by atoms with van der Waals surface area (Å²) in [5.41, 5.74) is 0.992. The highest BCUT2D eigenvalue weighted by atomic mass is 35.5. The normalized spacial score (nSPS) is 19.5. The van der Waals surface area contributed by atoms with E-state index in [1.165, 1.54) is 18.3 Å². The quantitative estimate of drug-likeness (QED) is 0.812. The number of nitrogens with one attached hydrogen (secondary N) is 1. The summed E-state index contributed by atoms with van der Waals surface area (Å²) in [4.78, 5) is 28.4. The monoisotopic (exact) mass is 378 g/mol. The lowest BCUT2D eigenvalue weighted by atomic mass is 9.83. The third-order valence-electron chi connectivity index (χ3n) is 4.55. The highest BCUT2D eigenvalue weighted by Gasteiger charge is 2.39. The van der Waals surface area contributed by atoms with Crippen LogP contribution in [0.4, 0.5) is 8.78 Å². The van der Waals surface area contributed by atoms with Crippen molar-refractivity contribution in [1.82, 2.24) is 10.3 Å². The van der Waals surface area contributed by atoms with Crippen molar-refractivity contribution in [1.29, 1.82) is 0 Å². The second-order valence-corrected chi connectivity index (χ2v) is 6.90. The molecule has 0 saturated carbocycles. The Bertz CT molecular complexity index is 832. The molecular weight excluding hydrogens is 362 g/mol. The average Bonchev–Trinajstić information content (AvgIpc) is 2.90. The maximum absolute atomic E-state index is 14.3. The zero-order valence-corrected chi connectivity index (χ0v) is 14.8. The minimum atomic E-state index is -0.797. The van der Waals surface area contributed by atoms with Gasteiger partial charge >= 0.3 is 0 Å². The zero-order valence-electron chi connectivity index (χ0n) is 14.1. The molecule has 2 aromatic rings. The fourth-order valence-corrected chi connectivity index (χ4v) is 3.44. The van der Waals surface area contributed by atoms with Gasteiger partial charge in [0.1, 0.15) is 22.6 Å². The average molecular weight is 379 g/mol. The first-order valence-electron chi connectivity index (χ1n) is 8.20. The Hall–Kier alpha value is -2.34. The standard InChI is InChI=1S/C19H17ClF2N2O2/c1-10-4-15(21)18(16(22)5-10)14-9-24-19(26)13(14)7-12(25)6-11-2-3-17(20)23-8-11/h2-5,8,13-14H,6-7,9H2,1H3,(H,24,26)/t13-,14+/m0/s1. The lowest BCUT2D eigenvalue weighted by Crippen LogP contribution is -2.23. The van der Waals surface area contributed by atoms with E-state index in [0.717, 1.165) is 0 Å². The molecule has 1 aliphatic rings. The molecule has 1 N–H and O–H groups in total. The van der Waals surface area contributed by atoms with Gasteiger partial charge in [-0.1, -0.05) is 17.7 Å². The first-order chi connectivity index (χ1) is 12.3. The molecule has 1 amide bonds. The van der Waals surface area contributed by atoms with E-state index in [1.807, 2.05) is 0 Å². The van der Waals surface area contributed by atoms with Crippen LogP contribution in [0.15, 0.2) is 30.5 Å². The number of aryl methyl sites for hydroxylation is 1. The summed E-state index contributed by atoms with van der Waals surface area (Å²) in [5, 5.41) is 2.93. The van der Waals surface area contributed by atoms with Gasteiger partial charge in [0, 0.05) is 37.1 Å². The van der Waals surface area contributed by atoms with Crippen LogP contribution in [0.1, 0.15) is 29.0 Å². The van der Waals surface area contributed by atoms with Crippen molar-refractivity contribution in [3.05, 3.63) is 63.9 Å². The Morgan fingerprint density at radius 1 is 1.31 bits per heavy atom. The van der Waals surface area contributed by atoms with Gasteiger partial charge in [-0.3, -0.25) is 9.59 Å². The minimum Gasteiger partial charge on any atom is -0.355 e. The molecule has 1 aromatic heterocycles. The summed E-state index contributed by atoms with van der Waals surface area (Å²) in [6.45, 7) is 1.70. The fourth-order valence-electron chi connectivity index (χ4n) is 3.33. The van der Waals surface area contributed by atoms with E-state index in [0.29, 0.717) is 16.3 Å². The predicted molar refractivity (Wildman–Crippen MR) is 92.9 cm³/mol. The highest BCUT2D eigenvalue weighted by Crippen LogP contribution is 2.35. The van der Waals surface area contributed by atoms with Gasteiger partial charge in [-0.15, -0.1) is 0 Å². The van der Waals surface area contributed by atoms with E-state index >= 15 is 0 Å². The number of hydrogen-bond donors (Lipinski definition) is 1. The van der Waals surface area contributed by atoms with Crippen molar-refractivity contribution < 1.29 is 18.4 Å². The fraction of sp³-hybridized carbons (Fsp3) is 0.316. The number of benzene rings is 1. The molecule has 136 valence electrons. The van der Waals surface area contributed by atoms with Crippen LogP contribution >= 0.6 is 11.6 Å². The Balaban J connectivity index is 1.78. The lowest BCUT2D eigenvalue weighted by Gasteiger charge is -2.18. The van der Waals surface area contributed by atoms with E-state index in [-0.39, 0.29) is 36.6 Å². The molecule has 1 saturated heterocycles. The predicted octanol–water partition coefficient (Wildman–Crippen LogP) is 3.35.